The van der Waals surface area contributed by atoms with Crippen molar-refractivity contribution in [3.05, 3.63) is 0 Å². The molecular weight excluding hydrogens is 156 g/mol. The third kappa shape index (κ3) is 4.32. The second-order valence-electron chi connectivity index (χ2n) is 3.26. The summed E-state index contributed by atoms with van der Waals surface area (Å²) >= 11 is 4.96. The van der Waals surface area contributed by atoms with Gasteiger partial charge in [0.1, 0.15) is 0 Å². The van der Waals surface area contributed by atoms with E-state index in [-0.39, 0.29) is 0 Å². The van der Waals surface area contributed by atoms with Crippen LogP contribution < -0.4 is 5.43 Å². The van der Waals surface area contributed by atoms with Crippen LogP contribution in [0.2, 0.25) is 0 Å². The molecule has 0 heterocycles. The molecule has 0 aromatic rings. The number of nitrogens with one attached hydrogen (secondary N) is 1. The van der Waals surface area contributed by atoms with Crippen molar-refractivity contribution in [2.24, 2.45) is 0 Å². The predicted octanol–water partition coefficient (Wildman–Crippen LogP) is 1.96. The van der Waals surface area contributed by atoms with Crippen LogP contribution in [0.4, 0.5) is 0 Å². The lowest BCUT2D eigenvalue weighted by Crippen LogP contribution is -2.48. The minimum absolute atomic E-state index is 0.480. The van der Waals surface area contributed by atoms with Gasteiger partial charge in [0.05, 0.1) is 4.99 Å². The van der Waals surface area contributed by atoms with Crippen molar-refractivity contribution in [3.63, 3.8) is 0 Å². The van der Waals surface area contributed by atoms with Crippen LogP contribution in [0.3, 0.4) is 0 Å². The van der Waals surface area contributed by atoms with Crippen LogP contribution in [-0.4, -0.2) is 22.1 Å². The van der Waals surface area contributed by atoms with E-state index in [4.69, 9.17) is 12.2 Å². The summed E-state index contributed by atoms with van der Waals surface area (Å²) in [5, 5.41) is 2.14. The van der Waals surface area contributed by atoms with Crippen molar-refractivity contribution in [2.45, 2.75) is 46.7 Å². The van der Waals surface area contributed by atoms with E-state index in [2.05, 4.69) is 38.1 Å². The Balaban J connectivity index is 4.00. The Bertz CT molecular complexity index is 124. The van der Waals surface area contributed by atoms with Gasteiger partial charge in [-0.2, -0.15) is 0 Å². The summed E-state index contributed by atoms with van der Waals surface area (Å²) in [6.07, 6.45) is 0. The van der Waals surface area contributed by atoms with Gasteiger partial charge in [0, 0.05) is 12.1 Å². The van der Waals surface area contributed by atoms with Gasteiger partial charge in [-0.15, -0.1) is 0 Å². The monoisotopic (exact) mass is 174 g/mol. The van der Waals surface area contributed by atoms with Crippen molar-refractivity contribution in [2.75, 3.05) is 0 Å². The quantitative estimate of drug-likeness (QED) is 0.520. The first-order valence-corrected chi connectivity index (χ1v) is 4.41. The van der Waals surface area contributed by atoms with E-state index in [1.807, 2.05) is 6.92 Å². The van der Waals surface area contributed by atoms with E-state index in [1.54, 1.807) is 0 Å². The van der Waals surface area contributed by atoms with E-state index < -0.39 is 0 Å². The van der Waals surface area contributed by atoms with E-state index in [9.17, 15) is 0 Å². The van der Waals surface area contributed by atoms with Gasteiger partial charge in [0.15, 0.2) is 0 Å². The molecule has 0 amide bonds. The summed E-state index contributed by atoms with van der Waals surface area (Å²) in [6.45, 7) is 10.5. The van der Waals surface area contributed by atoms with Gasteiger partial charge in [-0.25, -0.2) is 5.01 Å². The molecule has 0 saturated carbocycles. The maximum absolute atomic E-state index is 4.96. The molecule has 0 radical (unpaired) electrons. The Morgan fingerprint density at radius 2 is 1.55 bits per heavy atom. The summed E-state index contributed by atoms with van der Waals surface area (Å²) in [6, 6.07) is 0.959. The third-order valence-corrected chi connectivity index (χ3v) is 1.49. The molecule has 0 rings (SSSR count). The molecule has 0 aromatic carbocycles. The van der Waals surface area contributed by atoms with Crippen LogP contribution in [0.1, 0.15) is 34.6 Å². The van der Waals surface area contributed by atoms with Crippen molar-refractivity contribution in [1.29, 1.82) is 0 Å². The Kier molecular flexibility index (Phi) is 4.61. The average molecular weight is 174 g/mol. The van der Waals surface area contributed by atoms with Gasteiger partial charge in [0.2, 0.25) is 0 Å². The molecule has 0 unspecified atom stereocenters. The third-order valence-electron chi connectivity index (χ3n) is 1.40. The number of nitrogens with zero attached hydrogens (tertiary/aromatic N) is 1. The molecular formula is C8H18N2S. The summed E-state index contributed by atoms with van der Waals surface area (Å²) < 4.78 is 0. The molecule has 0 aliphatic heterocycles. The van der Waals surface area contributed by atoms with E-state index in [1.165, 1.54) is 0 Å². The fourth-order valence-electron chi connectivity index (χ4n) is 1.04. The van der Waals surface area contributed by atoms with Crippen LogP contribution in [0.25, 0.3) is 0 Å². The first-order chi connectivity index (χ1) is 4.95. The van der Waals surface area contributed by atoms with Gasteiger partial charge in [-0.1, -0.05) is 12.2 Å². The Morgan fingerprint density at radius 3 is 1.64 bits per heavy atom. The van der Waals surface area contributed by atoms with Gasteiger partial charge in [-0.3, -0.25) is 0 Å². The zero-order chi connectivity index (χ0) is 9.02. The van der Waals surface area contributed by atoms with Crippen molar-refractivity contribution < 1.29 is 0 Å². The fourth-order valence-corrected chi connectivity index (χ4v) is 1.14. The second kappa shape index (κ2) is 4.67. The highest BCUT2D eigenvalue weighted by molar-refractivity contribution is 7.80. The molecule has 0 aliphatic rings. The average Bonchev–Trinajstić information content (AvgIpc) is 1.81. The number of thiocarbonyl (C=S) groups is 1. The normalized spacial score (nSPS) is 11.3. The van der Waals surface area contributed by atoms with Crippen LogP contribution in [0.15, 0.2) is 0 Å². The molecule has 3 heteroatoms. The summed E-state index contributed by atoms with van der Waals surface area (Å²) in [5.41, 5.74) is 3.14. The molecule has 11 heavy (non-hydrogen) atoms. The Labute approximate surface area is 74.9 Å². The zero-order valence-electron chi connectivity index (χ0n) is 8.01. The van der Waals surface area contributed by atoms with Gasteiger partial charge in [0.25, 0.3) is 0 Å². The van der Waals surface area contributed by atoms with Crippen LogP contribution in [-0.2, 0) is 0 Å². The molecule has 0 aliphatic carbocycles. The van der Waals surface area contributed by atoms with E-state index in [0.29, 0.717) is 12.1 Å². The molecule has 0 saturated heterocycles. The van der Waals surface area contributed by atoms with Gasteiger partial charge < -0.3 is 5.43 Å². The molecule has 0 spiro atoms. The van der Waals surface area contributed by atoms with Crippen molar-refractivity contribution in [3.8, 4) is 0 Å². The van der Waals surface area contributed by atoms with Crippen molar-refractivity contribution in [1.82, 2.24) is 10.4 Å². The van der Waals surface area contributed by atoms with Crippen LogP contribution in [0, 0.1) is 0 Å². The number of rotatable bonds is 3. The number of hydrogen-bond donors (Lipinski definition) is 1. The second-order valence-corrected chi connectivity index (χ2v) is 3.88. The minimum atomic E-state index is 0.480. The minimum Gasteiger partial charge on any atom is -0.313 e. The van der Waals surface area contributed by atoms with Crippen molar-refractivity contribution >= 4 is 17.2 Å². The first kappa shape index (κ1) is 10.8. The number of hydrogen-bond acceptors (Lipinski definition) is 2. The lowest BCUT2D eigenvalue weighted by molar-refractivity contribution is 0.140. The van der Waals surface area contributed by atoms with Crippen LogP contribution >= 0.6 is 12.2 Å². The number of hydrazine groups is 1. The van der Waals surface area contributed by atoms with E-state index in [0.717, 1.165) is 4.99 Å². The lowest BCUT2D eigenvalue weighted by Gasteiger charge is -2.31. The molecule has 0 fully saturated rings. The summed E-state index contributed by atoms with van der Waals surface area (Å²) in [5.74, 6) is 0. The Morgan fingerprint density at radius 1 is 1.18 bits per heavy atom. The molecule has 2 nitrogen and oxygen atoms in total. The van der Waals surface area contributed by atoms with E-state index >= 15 is 0 Å². The largest absolute Gasteiger partial charge is 0.313 e. The highest BCUT2D eigenvalue weighted by Crippen LogP contribution is 2.00. The molecule has 1 N–H and O–H groups in total. The zero-order valence-corrected chi connectivity index (χ0v) is 8.83. The maximum atomic E-state index is 4.96. The first-order valence-electron chi connectivity index (χ1n) is 4.00. The summed E-state index contributed by atoms with van der Waals surface area (Å²) in [4.78, 5) is 0.826. The molecule has 66 valence electrons. The summed E-state index contributed by atoms with van der Waals surface area (Å²) in [7, 11) is 0. The Hall–Kier alpha value is -0.150. The standard InChI is InChI=1S/C8H18N2S/c1-6(2)10(7(3)4)9-8(5)11/h6-7H,1-5H3,(H,9,11). The molecule has 0 aromatic heterocycles. The predicted molar refractivity (Wildman–Crippen MR) is 53.5 cm³/mol. The smallest absolute Gasteiger partial charge is 0.0865 e. The fraction of sp³-hybridized carbons (Fsp3) is 0.875. The van der Waals surface area contributed by atoms with Gasteiger partial charge in [-0.05, 0) is 34.6 Å². The maximum Gasteiger partial charge on any atom is 0.0865 e. The van der Waals surface area contributed by atoms with Crippen LogP contribution in [0.5, 0.6) is 0 Å². The highest BCUT2D eigenvalue weighted by atomic mass is 32.1. The SMILES string of the molecule is CC(=S)NN(C(C)C)C(C)C. The topological polar surface area (TPSA) is 15.3 Å². The molecule has 0 atom stereocenters. The molecule has 0 bridgehead atoms. The highest BCUT2D eigenvalue weighted by Gasteiger charge is 2.11. The van der Waals surface area contributed by atoms with Gasteiger partial charge >= 0.3 is 0 Å². The lowest BCUT2D eigenvalue weighted by atomic mass is 10.3.